The Hall–Kier alpha value is -2.22. The van der Waals surface area contributed by atoms with Crippen molar-refractivity contribution in [2.45, 2.75) is 39.0 Å². The predicted octanol–water partition coefficient (Wildman–Crippen LogP) is 2.11. The zero-order valence-corrected chi connectivity index (χ0v) is 14.1. The van der Waals surface area contributed by atoms with Crippen LogP contribution in [0.15, 0.2) is 16.8 Å². The second kappa shape index (κ2) is 7.12. The smallest absolute Gasteiger partial charge is 0.225 e. The summed E-state index contributed by atoms with van der Waals surface area (Å²) in [5.74, 6) is 1.77. The number of rotatable bonds is 6. The van der Waals surface area contributed by atoms with Crippen LogP contribution >= 0.6 is 0 Å². The van der Waals surface area contributed by atoms with E-state index in [0.717, 1.165) is 17.0 Å². The monoisotopic (exact) mass is 335 g/mol. The lowest BCUT2D eigenvalue weighted by molar-refractivity contribution is 0.239. The van der Waals surface area contributed by atoms with E-state index in [9.17, 15) is 4.39 Å². The lowest BCUT2D eigenvalue weighted by atomic mass is 10.1. The van der Waals surface area contributed by atoms with Gasteiger partial charge in [0.2, 0.25) is 11.8 Å². The van der Waals surface area contributed by atoms with Crippen LogP contribution in [-0.2, 0) is 6.54 Å². The third-order valence-electron chi connectivity index (χ3n) is 4.35. The summed E-state index contributed by atoms with van der Waals surface area (Å²) in [7, 11) is 1.56. The first kappa shape index (κ1) is 16.6. The van der Waals surface area contributed by atoms with Crippen LogP contribution < -0.4 is 10.1 Å². The second-order valence-corrected chi connectivity index (χ2v) is 6.02. The van der Waals surface area contributed by atoms with Gasteiger partial charge < -0.3 is 14.6 Å². The number of nitrogens with zero attached hydrogens (tertiary/aromatic N) is 4. The second-order valence-electron chi connectivity index (χ2n) is 6.02. The summed E-state index contributed by atoms with van der Waals surface area (Å²) in [5.41, 5.74) is 1.89. The first-order valence-corrected chi connectivity index (χ1v) is 7.97. The SMILES string of the molecule is COc1ccnc(NC[C@@H]2C[C@H](F)CN2Cc2c(C)noc2C)n1. The Morgan fingerprint density at radius 2 is 2.29 bits per heavy atom. The van der Waals surface area contributed by atoms with Crippen LogP contribution in [0.1, 0.15) is 23.4 Å². The van der Waals surface area contributed by atoms with Gasteiger partial charge in [-0.05, 0) is 20.3 Å². The molecule has 130 valence electrons. The summed E-state index contributed by atoms with van der Waals surface area (Å²) in [5, 5.41) is 7.14. The molecule has 0 unspecified atom stereocenters. The molecular weight excluding hydrogens is 313 g/mol. The Morgan fingerprint density at radius 3 is 3.00 bits per heavy atom. The fourth-order valence-electron chi connectivity index (χ4n) is 3.01. The Bertz CT molecular complexity index is 673. The number of methoxy groups -OCH3 is 1. The number of hydrogen-bond acceptors (Lipinski definition) is 7. The van der Waals surface area contributed by atoms with Gasteiger partial charge in [-0.2, -0.15) is 4.98 Å². The standard InChI is InChI=1S/C16H22FN5O2/c1-10-14(11(2)24-21-10)9-22-8-12(17)6-13(22)7-19-16-18-5-4-15(20-16)23-3/h4-5,12-13H,6-9H2,1-3H3,(H,18,19,20)/t12-,13-/m0/s1. The quantitative estimate of drug-likeness (QED) is 0.866. The number of anilines is 1. The number of alkyl halides is 1. The van der Waals surface area contributed by atoms with E-state index in [1.807, 2.05) is 13.8 Å². The molecule has 8 heteroatoms. The highest BCUT2D eigenvalue weighted by Crippen LogP contribution is 2.25. The summed E-state index contributed by atoms with van der Waals surface area (Å²) in [6, 6.07) is 1.74. The van der Waals surface area contributed by atoms with E-state index in [1.54, 1.807) is 19.4 Å². The van der Waals surface area contributed by atoms with E-state index in [-0.39, 0.29) is 6.04 Å². The Kier molecular flexibility index (Phi) is 4.94. The average molecular weight is 335 g/mol. The first-order valence-electron chi connectivity index (χ1n) is 7.97. The molecule has 0 saturated carbocycles. The molecule has 1 N–H and O–H groups in total. The van der Waals surface area contributed by atoms with E-state index in [4.69, 9.17) is 9.26 Å². The maximum absolute atomic E-state index is 13.9. The first-order chi connectivity index (χ1) is 11.6. The molecule has 2 atom stereocenters. The molecule has 0 aromatic carbocycles. The van der Waals surface area contributed by atoms with Gasteiger partial charge >= 0.3 is 0 Å². The molecule has 1 saturated heterocycles. The van der Waals surface area contributed by atoms with Crippen molar-refractivity contribution in [1.29, 1.82) is 0 Å². The van der Waals surface area contributed by atoms with Crippen LogP contribution in [0, 0.1) is 13.8 Å². The minimum atomic E-state index is -0.830. The van der Waals surface area contributed by atoms with Crippen LogP contribution in [-0.4, -0.2) is 52.4 Å². The normalized spacial score (nSPS) is 21.2. The van der Waals surface area contributed by atoms with Crippen molar-refractivity contribution in [3.8, 4) is 5.88 Å². The number of hydrogen-bond donors (Lipinski definition) is 1. The Morgan fingerprint density at radius 1 is 1.46 bits per heavy atom. The van der Waals surface area contributed by atoms with E-state index < -0.39 is 6.17 Å². The van der Waals surface area contributed by atoms with Gasteiger partial charge in [-0.25, -0.2) is 9.37 Å². The summed E-state index contributed by atoms with van der Waals surface area (Å²) in [6.45, 7) is 5.40. The van der Waals surface area contributed by atoms with Crippen LogP contribution in [0.3, 0.4) is 0 Å². The predicted molar refractivity (Wildman–Crippen MR) is 86.8 cm³/mol. The van der Waals surface area contributed by atoms with Crippen molar-refractivity contribution in [3.63, 3.8) is 0 Å². The summed E-state index contributed by atoms with van der Waals surface area (Å²) in [4.78, 5) is 10.5. The van der Waals surface area contributed by atoms with E-state index in [0.29, 0.717) is 37.9 Å². The molecule has 0 spiro atoms. The zero-order chi connectivity index (χ0) is 17.1. The summed E-state index contributed by atoms with van der Waals surface area (Å²) < 4.78 is 24.2. The van der Waals surface area contributed by atoms with Gasteiger partial charge in [-0.15, -0.1) is 0 Å². The fourth-order valence-corrected chi connectivity index (χ4v) is 3.01. The van der Waals surface area contributed by atoms with Gasteiger partial charge in [-0.1, -0.05) is 5.16 Å². The third kappa shape index (κ3) is 3.64. The molecular formula is C16H22FN5O2. The van der Waals surface area contributed by atoms with Gasteiger partial charge in [0, 0.05) is 43.5 Å². The summed E-state index contributed by atoms with van der Waals surface area (Å²) >= 11 is 0. The number of aryl methyl sites for hydroxylation is 2. The molecule has 1 aliphatic heterocycles. The minimum absolute atomic E-state index is 0.0588. The lowest BCUT2D eigenvalue weighted by Gasteiger charge is -2.24. The number of aromatic nitrogens is 3. The van der Waals surface area contributed by atoms with Crippen LogP contribution in [0.5, 0.6) is 5.88 Å². The summed E-state index contributed by atoms with van der Waals surface area (Å²) in [6.07, 6.45) is 1.28. The molecule has 0 amide bonds. The molecule has 24 heavy (non-hydrogen) atoms. The van der Waals surface area contributed by atoms with E-state index >= 15 is 0 Å². The van der Waals surface area contributed by atoms with Crippen LogP contribution in [0.2, 0.25) is 0 Å². The number of likely N-dealkylation sites (tertiary alicyclic amines) is 1. The van der Waals surface area contributed by atoms with Gasteiger partial charge in [-0.3, -0.25) is 4.90 Å². The number of halogens is 1. The van der Waals surface area contributed by atoms with Crippen molar-refractivity contribution in [3.05, 3.63) is 29.3 Å². The molecule has 1 fully saturated rings. The highest BCUT2D eigenvalue weighted by atomic mass is 19.1. The molecule has 0 aliphatic carbocycles. The van der Waals surface area contributed by atoms with Crippen molar-refractivity contribution < 1.29 is 13.7 Å². The molecule has 2 aromatic rings. The number of ether oxygens (including phenoxy) is 1. The van der Waals surface area contributed by atoms with Crippen LogP contribution in [0.25, 0.3) is 0 Å². The van der Waals surface area contributed by atoms with E-state index in [1.165, 1.54) is 0 Å². The zero-order valence-electron chi connectivity index (χ0n) is 14.1. The van der Waals surface area contributed by atoms with Crippen molar-refractivity contribution in [2.24, 2.45) is 0 Å². The van der Waals surface area contributed by atoms with Crippen molar-refractivity contribution in [1.82, 2.24) is 20.0 Å². The molecule has 3 heterocycles. The molecule has 7 nitrogen and oxygen atoms in total. The van der Waals surface area contributed by atoms with Gasteiger partial charge in [0.15, 0.2) is 0 Å². The van der Waals surface area contributed by atoms with Crippen molar-refractivity contribution >= 4 is 5.95 Å². The molecule has 2 aromatic heterocycles. The topological polar surface area (TPSA) is 76.3 Å². The van der Waals surface area contributed by atoms with Gasteiger partial charge in [0.25, 0.3) is 0 Å². The number of nitrogens with one attached hydrogen (secondary N) is 1. The lowest BCUT2D eigenvalue weighted by Crippen LogP contribution is -2.35. The van der Waals surface area contributed by atoms with Crippen molar-refractivity contribution in [2.75, 3.05) is 25.5 Å². The Labute approximate surface area is 140 Å². The maximum atomic E-state index is 13.9. The van der Waals surface area contributed by atoms with Crippen LogP contribution in [0.4, 0.5) is 10.3 Å². The van der Waals surface area contributed by atoms with Gasteiger partial charge in [0.1, 0.15) is 11.9 Å². The maximum Gasteiger partial charge on any atom is 0.225 e. The molecule has 0 radical (unpaired) electrons. The Balaban J connectivity index is 1.64. The van der Waals surface area contributed by atoms with Gasteiger partial charge in [0.05, 0.1) is 12.8 Å². The minimum Gasteiger partial charge on any atom is -0.481 e. The fraction of sp³-hybridized carbons (Fsp3) is 0.562. The third-order valence-corrected chi connectivity index (χ3v) is 4.35. The molecule has 3 rings (SSSR count). The highest BCUT2D eigenvalue weighted by molar-refractivity contribution is 5.28. The average Bonchev–Trinajstić information content (AvgIpc) is 3.09. The van der Waals surface area contributed by atoms with E-state index in [2.05, 4.69) is 25.3 Å². The highest BCUT2D eigenvalue weighted by Gasteiger charge is 2.33. The largest absolute Gasteiger partial charge is 0.481 e. The molecule has 0 bridgehead atoms. The molecule has 1 aliphatic rings.